The van der Waals surface area contributed by atoms with Crippen LogP contribution in [0.2, 0.25) is 0 Å². The number of nitrogens with zero attached hydrogens (tertiary/aromatic N) is 2. The zero-order valence-corrected chi connectivity index (χ0v) is 15.5. The molecule has 1 fully saturated rings. The van der Waals surface area contributed by atoms with Crippen LogP contribution in [0.5, 0.6) is 0 Å². The highest BCUT2D eigenvalue weighted by atomic mass is 15.2. The van der Waals surface area contributed by atoms with E-state index in [0.29, 0.717) is 12.1 Å². The van der Waals surface area contributed by atoms with Crippen molar-refractivity contribution in [3.05, 3.63) is 0 Å². The van der Waals surface area contributed by atoms with Gasteiger partial charge in [0.1, 0.15) is 0 Å². The Morgan fingerprint density at radius 1 is 1.14 bits per heavy atom. The molecule has 0 amide bonds. The van der Waals surface area contributed by atoms with Crippen molar-refractivity contribution in [2.75, 3.05) is 40.3 Å². The maximum Gasteiger partial charge on any atom is 0.0194 e. The van der Waals surface area contributed by atoms with E-state index in [9.17, 15) is 0 Å². The van der Waals surface area contributed by atoms with E-state index in [1.54, 1.807) is 0 Å². The Hall–Kier alpha value is -0.120. The zero-order valence-electron chi connectivity index (χ0n) is 15.5. The zero-order chi connectivity index (χ0) is 16.0. The molecule has 0 aromatic rings. The Morgan fingerprint density at radius 2 is 1.81 bits per heavy atom. The summed E-state index contributed by atoms with van der Waals surface area (Å²) >= 11 is 0. The maximum absolute atomic E-state index is 3.77. The summed E-state index contributed by atoms with van der Waals surface area (Å²) in [6.07, 6.45) is 2.74. The fourth-order valence-electron chi connectivity index (χ4n) is 4.25. The van der Waals surface area contributed by atoms with Crippen molar-refractivity contribution < 1.29 is 0 Å². The Kier molecular flexibility index (Phi) is 8.22. The van der Waals surface area contributed by atoms with Gasteiger partial charge in [0.05, 0.1) is 0 Å². The molecule has 21 heavy (non-hydrogen) atoms. The molecule has 5 atom stereocenters. The van der Waals surface area contributed by atoms with E-state index in [1.807, 2.05) is 0 Å². The van der Waals surface area contributed by atoms with Gasteiger partial charge in [-0.1, -0.05) is 27.7 Å². The van der Waals surface area contributed by atoms with Crippen molar-refractivity contribution in [1.29, 1.82) is 0 Å². The molecule has 0 aromatic heterocycles. The number of hydrogen-bond donors (Lipinski definition) is 1. The lowest BCUT2D eigenvalue weighted by Gasteiger charge is -2.43. The first kappa shape index (κ1) is 18.9. The second-order valence-corrected chi connectivity index (χ2v) is 7.58. The normalized spacial score (nSPS) is 31.9. The summed E-state index contributed by atoms with van der Waals surface area (Å²) < 4.78 is 0. The summed E-state index contributed by atoms with van der Waals surface area (Å²) in [5.41, 5.74) is 0. The third-order valence-corrected chi connectivity index (χ3v) is 5.25. The Bertz CT molecular complexity index is 280. The predicted octanol–water partition coefficient (Wildman–Crippen LogP) is 2.92. The molecule has 1 N–H and O–H groups in total. The first-order chi connectivity index (χ1) is 9.88. The minimum Gasteiger partial charge on any atom is -0.314 e. The van der Waals surface area contributed by atoms with Crippen molar-refractivity contribution >= 4 is 0 Å². The highest BCUT2D eigenvalue weighted by Crippen LogP contribution is 2.34. The van der Waals surface area contributed by atoms with Crippen molar-refractivity contribution in [3.8, 4) is 0 Å². The maximum atomic E-state index is 3.77. The summed E-state index contributed by atoms with van der Waals surface area (Å²) in [5, 5.41) is 3.77. The highest BCUT2D eigenvalue weighted by Gasteiger charge is 2.34. The van der Waals surface area contributed by atoms with Crippen molar-refractivity contribution in [2.45, 2.75) is 59.5 Å². The van der Waals surface area contributed by atoms with Gasteiger partial charge < -0.3 is 10.2 Å². The minimum atomic E-state index is 0.638. The van der Waals surface area contributed by atoms with Gasteiger partial charge in [0.2, 0.25) is 0 Å². The summed E-state index contributed by atoms with van der Waals surface area (Å²) in [7, 11) is 4.35. The first-order valence-corrected chi connectivity index (χ1v) is 9.01. The van der Waals surface area contributed by atoms with Crippen LogP contribution < -0.4 is 5.32 Å². The summed E-state index contributed by atoms with van der Waals surface area (Å²) in [6, 6.07) is 1.34. The van der Waals surface area contributed by atoms with Crippen LogP contribution in [0, 0.1) is 17.8 Å². The number of likely N-dealkylation sites (N-methyl/N-ethyl adjacent to an activating group) is 2. The molecule has 3 nitrogen and oxygen atoms in total. The van der Waals surface area contributed by atoms with Gasteiger partial charge in [0.15, 0.2) is 0 Å². The highest BCUT2D eigenvalue weighted by molar-refractivity contribution is 4.90. The van der Waals surface area contributed by atoms with Gasteiger partial charge >= 0.3 is 0 Å². The molecule has 1 saturated carbocycles. The van der Waals surface area contributed by atoms with E-state index in [0.717, 1.165) is 37.4 Å². The van der Waals surface area contributed by atoms with Crippen LogP contribution in [0.1, 0.15) is 47.5 Å². The van der Waals surface area contributed by atoms with Crippen LogP contribution in [-0.2, 0) is 0 Å². The van der Waals surface area contributed by atoms with Crippen LogP contribution in [0.3, 0.4) is 0 Å². The summed E-state index contributed by atoms with van der Waals surface area (Å²) in [6.45, 7) is 16.5. The molecule has 0 aromatic carbocycles. The Balaban J connectivity index is 2.69. The standard InChI is InChI=1S/C18H39N3/c1-8-19-18-11-14(3)10-15(4)17(18)13-21(9-2)16(5)12-20(6)7/h14-19H,8-13H2,1-7H3. The number of nitrogens with one attached hydrogen (secondary N) is 1. The lowest BCUT2D eigenvalue weighted by atomic mass is 9.72. The fourth-order valence-corrected chi connectivity index (χ4v) is 4.25. The Labute approximate surface area is 133 Å². The lowest BCUT2D eigenvalue weighted by molar-refractivity contribution is 0.0798. The minimum absolute atomic E-state index is 0.638. The van der Waals surface area contributed by atoms with E-state index in [-0.39, 0.29) is 0 Å². The van der Waals surface area contributed by atoms with E-state index in [4.69, 9.17) is 0 Å². The molecular weight excluding hydrogens is 258 g/mol. The van der Waals surface area contributed by atoms with Gasteiger partial charge in [-0.3, -0.25) is 4.90 Å². The predicted molar refractivity (Wildman–Crippen MR) is 93.8 cm³/mol. The quantitative estimate of drug-likeness (QED) is 0.743. The SMILES string of the molecule is CCNC1CC(C)CC(C)C1CN(CC)C(C)CN(C)C. The van der Waals surface area contributed by atoms with Crippen molar-refractivity contribution in [2.24, 2.45) is 17.8 Å². The third kappa shape index (κ3) is 5.88. The van der Waals surface area contributed by atoms with Gasteiger partial charge in [0, 0.05) is 25.2 Å². The fraction of sp³-hybridized carbons (Fsp3) is 1.00. The van der Waals surface area contributed by atoms with E-state index in [1.165, 1.54) is 19.4 Å². The smallest absolute Gasteiger partial charge is 0.0194 e. The molecule has 1 rings (SSSR count). The van der Waals surface area contributed by atoms with Crippen LogP contribution in [0.25, 0.3) is 0 Å². The average Bonchev–Trinajstić information content (AvgIpc) is 2.37. The molecule has 0 spiro atoms. The van der Waals surface area contributed by atoms with E-state index < -0.39 is 0 Å². The van der Waals surface area contributed by atoms with E-state index >= 15 is 0 Å². The Morgan fingerprint density at radius 3 is 2.33 bits per heavy atom. The molecule has 1 aliphatic rings. The van der Waals surface area contributed by atoms with Crippen molar-refractivity contribution in [1.82, 2.24) is 15.1 Å². The van der Waals surface area contributed by atoms with Gasteiger partial charge in [0.25, 0.3) is 0 Å². The van der Waals surface area contributed by atoms with Gasteiger partial charge in [-0.15, -0.1) is 0 Å². The van der Waals surface area contributed by atoms with Crippen LogP contribution >= 0.6 is 0 Å². The van der Waals surface area contributed by atoms with E-state index in [2.05, 4.69) is 63.8 Å². The van der Waals surface area contributed by atoms with Gasteiger partial charge in [-0.25, -0.2) is 0 Å². The molecule has 5 unspecified atom stereocenters. The molecule has 0 heterocycles. The number of rotatable bonds is 8. The third-order valence-electron chi connectivity index (χ3n) is 5.25. The van der Waals surface area contributed by atoms with Crippen molar-refractivity contribution in [3.63, 3.8) is 0 Å². The molecule has 0 radical (unpaired) electrons. The van der Waals surface area contributed by atoms with Crippen LogP contribution in [0.15, 0.2) is 0 Å². The molecule has 3 heteroatoms. The largest absolute Gasteiger partial charge is 0.314 e. The molecular formula is C18H39N3. The number of hydrogen-bond acceptors (Lipinski definition) is 3. The second kappa shape index (κ2) is 9.12. The molecule has 0 bridgehead atoms. The topological polar surface area (TPSA) is 18.5 Å². The monoisotopic (exact) mass is 297 g/mol. The second-order valence-electron chi connectivity index (χ2n) is 7.58. The van der Waals surface area contributed by atoms with Crippen LogP contribution in [0.4, 0.5) is 0 Å². The van der Waals surface area contributed by atoms with Gasteiger partial charge in [-0.2, -0.15) is 0 Å². The first-order valence-electron chi connectivity index (χ1n) is 9.01. The molecule has 126 valence electrons. The van der Waals surface area contributed by atoms with Gasteiger partial charge in [-0.05, 0) is 64.7 Å². The van der Waals surface area contributed by atoms with Crippen LogP contribution in [-0.4, -0.2) is 62.2 Å². The molecule has 0 saturated heterocycles. The average molecular weight is 298 g/mol. The summed E-state index contributed by atoms with van der Waals surface area (Å²) in [4.78, 5) is 4.99. The summed E-state index contributed by atoms with van der Waals surface area (Å²) in [5.74, 6) is 2.50. The molecule has 1 aliphatic carbocycles. The lowest BCUT2D eigenvalue weighted by Crippen LogP contribution is -2.51. The molecule has 0 aliphatic heterocycles.